The van der Waals surface area contributed by atoms with Crippen molar-refractivity contribution >= 4 is 17.7 Å². The smallest absolute Gasteiger partial charge is 0.230 e. The third-order valence-corrected chi connectivity index (χ3v) is 4.22. The number of methoxy groups -OCH3 is 1. The minimum Gasteiger partial charge on any atom is -0.493 e. The normalized spacial score (nSPS) is 11.2. The molecule has 0 atom stereocenters. The van der Waals surface area contributed by atoms with Crippen LogP contribution in [0.4, 0.5) is 0 Å². The Labute approximate surface area is 152 Å². The molecule has 0 fully saturated rings. The number of thioether (sulfide) groups is 1. The van der Waals surface area contributed by atoms with Gasteiger partial charge in [0.25, 0.3) is 0 Å². The first kappa shape index (κ1) is 19.1. The van der Waals surface area contributed by atoms with Crippen LogP contribution >= 0.6 is 11.8 Å². The van der Waals surface area contributed by atoms with Gasteiger partial charge in [0, 0.05) is 12.6 Å². The van der Waals surface area contributed by atoms with Crippen LogP contribution in [0.2, 0.25) is 0 Å². The Kier molecular flexibility index (Phi) is 6.30. The van der Waals surface area contributed by atoms with Crippen LogP contribution in [0.1, 0.15) is 26.6 Å². The zero-order valence-electron chi connectivity index (χ0n) is 15.2. The number of carbonyl (C=O) groups excluding carboxylic acids is 1. The Morgan fingerprint density at radius 3 is 2.56 bits per heavy atom. The Hall–Kier alpha value is -2.22. The summed E-state index contributed by atoms with van der Waals surface area (Å²) in [6.07, 6.45) is 0. The van der Waals surface area contributed by atoms with Gasteiger partial charge in [-0.25, -0.2) is 0 Å². The largest absolute Gasteiger partial charge is 0.493 e. The number of carbonyl (C=O) groups is 1. The highest BCUT2D eigenvalue weighted by molar-refractivity contribution is 7.99. The van der Waals surface area contributed by atoms with E-state index in [0.717, 1.165) is 0 Å². The van der Waals surface area contributed by atoms with Crippen LogP contribution in [0.15, 0.2) is 29.4 Å². The number of para-hydroxylation sites is 2. The average Bonchev–Trinajstić information content (AvgIpc) is 2.90. The Morgan fingerprint density at radius 2 is 1.92 bits per heavy atom. The fourth-order valence-electron chi connectivity index (χ4n) is 2.06. The van der Waals surface area contributed by atoms with Gasteiger partial charge in [0.2, 0.25) is 5.91 Å². The molecule has 0 spiro atoms. The predicted octanol–water partition coefficient (Wildman–Crippen LogP) is 2.41. The summed E-state index contributed by atoms with van der Waals surface area (Å²) in [6, 6.07) is 7.43. The lowest BCUT2D eigenvalue weighted by Crippen LogP contribution is -2.41. The van der Waals surface area contributed by atoms with Crippen molar-refractivity contribution in [2.24, 2.45) is 7.05 Å². The molecular weight excluding hydrogens is 340 g/mol. The van der Waals surface area contributed by atoms with Gasteiger partial charge in [-0.05, 0) is 32.9 Å². The predicted molar refractivity (Wildman–Crippen MR) is 96.9 cm³/mol. The molecule has 2 aromatic rings. The third-order valence-electron chi connectivity index (χ3n) is 3.20. The zero-order valence-corrected chi connectivity index (χ0v) is 16.0. The molecule has 1 heterocycles. The molecule has 1 amide bonds. The van der Waals surface area contributed by atoms with Crippen LogP contribution in [-0.4, -0.2) is 39.1 Å². The first-order chi connectivity index (χ1) is 11.8. The van der Waals surface area contributed by atoms with Crippen molar-refractivity contribution in [2.45, 2.75) is 38.1 Å². The van der Waals surface area contributed by atoms with Gasteiger partial charge >= 0.3 is 0 Å². The molecule has 0 aliphatic rings. The number of aromatic nitrogens is 3. The number of amides is 1. The van der Waals surface area contributed by atoms with Gasteiger partial charge in [0.1, 0.15) is 6.61 Å². The Bertz CT molecular complexity index is 725. The van der Waals surface area contributed by atoms with E-state index in [1.165, 1.54) is 11.8 Å². The first-order valence-corrected chi connectivity index (χ1v) is 8.86. The summed E-state index contributed by atoms with van der Waals surface area (Å²) in [5.74, 6) is 2.23. The van der Waals surface area contributed by atoms with Crippen molar-refractivity contribution in [1.29, 1.82) is 0 Å². The van der Waals surface area contributed by atoms with Crippen molar-refractivity contribution in [1.82, 2.24) is 20.1 Å². The summed E-state index contributed by atoms with van der Waals surface area (Å²) >= 11 is 1.34. The van der Waals surface area contributed by atoms with E-state index in [4.69, 9.17) is 9.47 Å². The molecule has 136 valence electrons. The number of rotatable bonds is 7. The van der Waals surface area contributed by atoms with Crippen molar-refractivity contribution in [3.8, 4) is 11.5 Å². The van der Waals surface area contributed by atoms with Crippen LogP contribution in [0, 0.1) is 0 Å². The molecule has 8 heteroatoms. The van der Waals surface area contributed by atoms with E-state index < -0.39 is 0 Å². The van der Waals surface area contributed by atoms with Gasteiger partial charge in [-0.3, -0.25) is 4.79 Å². The molecular formula is C17H24N4O3S. The number of benzene rings is 1. The highest BCUT2D eigenvalue weighted by atomic mass is 32.2. The van der Waals surface area contributed by atoms with E-state index in [0.29, 0.717) is 22.5 Å². The zero-order chi connectivity index (χ0) is 18.4. The minimum atomic E-state index is -0.245. The number of nitrogens with one attached hydrogen (secondary N) is 1. The fraction of sp³-hybridized carbons (Fsp3) is 0.471. The fourth-order valence-corrected chi connectivity index (χ4v) is 2.79. The second-order valence-electron chi connectivity index (χ2n) is 6.48. The van der Waals surface area contributed by atoms with Gasteiger partial charge in [-0.2, -0.15) is 0 Å². The Balaban J connectivity index is 1.93. The van der Waals surface area contributed by atoms with Gasteiger partial charge in [0.05, 0.1) is 12.9 Å². The van der Waals surface area contributed by atoms with Crippen molar-refractivity contribution in [2.75, 3.05) is 12.9 Å². The van der Waals surface area contributed by atoms with Crippen molar-refractivity contribution in [3.63, 3.8) is 0 Å². The molecule has 0 aliphatic heterocycles. The first-order valence-electron chi connectivity index (χ1n) is 7.88. The molecule has 1 N–H and O–H groups in total. The molecule has 1 aromatic carbocycles. The maximum Gasteiger partial charge on any atom is 0.230 e. The summed E-state index contributed by atoms with van der Waals surface area (Å²) in [5.41, 5.74) is -0.245. The molecule has 2 rings (SSSR count). The highest BCUT2D eigenvalue weighted by Gasteiger charge is 2.16. The molecule has 0 saturated carbocycles. The SMILES string of the molecule is COc1ccccc1OCc1nnc(SCC(=O)NC(C)(C)C)n1C. The number of ether oxygens (including phenoxy) is 2. The molecule has 0 aliphatic carbocycles. The summed E-state index contributed by atoms with van der Waals surface area (Å²) < 4.78 is 12.8. The third kappa shape index (κ3) is 5.67. The summed E-state index contributed by atoms with van der Waals surface area (Å²) in [4.78, 5) is 11.9. The van der Waals surface area contributed by atoms with Gasteiger partial charge in [0.15, 0.2) is 22.5 Å². The van der Waals surface area contributed by atoms with E-state index in [-0.39, 0.29) is 23.8 Å². The molecule has 25 heavy (non-hydrogen) atoms. The second kappa shape index (κ2) is 8.24. The van der Waals surface area contributed by atoms with E-state index in [9.17, 15) is 4.79 Å². The van der Waals surface area contributed by atoms with Crippen LogP contribution < -0.4 is 14.8 Å². The van der Waals surface area contributed by atoms with Gasteiger partial charge in [-0.15, -0.1) is 10.2 Å². The lowest BCUT2D eigenvalue weighted by molar-refractivity contribution is -0.119. The number of hydrogen-bond donors (Lipinski definition) is 1. The minimum absolute atomic E-state index is 0.0349. The van der Waals surface area contributed by atoms with Crippen LogP contribution in [-0.2, 0) is 18.4 Å². The maximum atomic E-state index is 11.9. The van der Waals surface area contributed by atoms with E-state index in [1.807, 2.05) is 56.7 Å². The topological polar surface area (TPSA) is 78.3 Å². The number of hydrogen-bond acceptors (Lipinski definition) is 6. The van der Waals surface area contributed by atoms with Crippen molar-refractivity contribution < 1.29 is 14.3 Å². The van der Waals surface area contributed by atoms with E-state index in [2.05, 4.69) is 15.5 Å². The summed E-state index contributed by atoms with van der Waals surface area (Å²) in [5, 5.41) is 11.8. The second-order valence-corrected chi connectivity index (χ2v) is 7.43. The standard InChI is InChI=1S/C17H24N4O3S/c1-17(2,3)18-15(22)11-25-16-20-19-14(21(16)4)10-24-13-9-7-6-8-12(13)23-5/h6-9H,10-11H2,1-5H3,(H,18,22). The Morgan fingerprint density at radius 1 is 1.24 bits per heavy atom. The molecule has 0 saturated heterocycles. The van der Waals surface area contributed by atoms with Crippen LogP contribution in [0.3, 0.4) is 0 Å². The molecule has 1 aromatic heterocycles. The summed E-state index contributed by atoms with van der Waals surface area (Å²) in [6.45, 7) is 6.11. The highest BCUT2D eigenvalue weighted by Crippen LogP contribution is 2.26. The maximum absolute atomic E-state index is 11.9. The average molecular weight is 364 g/mol. The molecule has 0 radical (unpaired) electrons. The number of nitrogens with zero attached hydrogens (tertiary/aromatic N) is 3. The molecule has 0 unspecified atom stereocenters. The monoisotopic (exact) mass is 364 g/mol. The lowest BCUT2D eigenvalue weighted by Gasteiger charge is -2.20. The van der Waals surface area contributed by atoms with Gasteiger partial charge < -0.3 is 19.4 Å². The van der Waals surface area contributed by atoms with Crippen molar-refractivity contribution in [3.05, 3.63) is 30.1 Å². The summed E-state index contributed by atoms with van der Waals surface area (Å²) in [7, 11) is 3.45. The molecule has 7 nitrogen and oxygen atoms in total. The quantitative estimate of drug-likeness (QED) is 0.760. The van der Waals surface area contributed by atoms with Gasteiger partial charge in [-0.1, -0.05) is 23.9 Å². The van der Waals surface area contributed by atoms with Crippen LogP contribution in [0.25, 0.3) is 0 Å². The lowest BCUT2D eigenvalue weighted by atomic mass is 10.1. The molecule has 0 bridgehead atoms. The van der Waals surface area contributed by atoms with E-state index in [1.54, 1.807) is 7.11 Å². The van der Waals surface area contributed by atoms with Crippen LogP contribution in [0.5, 0.6) is 11.5 Å². The van der Waals surface area contributed by atoms with E-state index >= 15 is 0 Å².